The van der Waals surface area contributed by atoms with E-state index in [9.17, 15) is 18.0 Å². The van der Waals surface area contributed by atoms with Gasteiger partial charge in [0.25, 0.3) is 5.91 Å². The van der Waals surface area contributed by atoms with E-state index < -0.39 is 17.6 Å². The quantitative estimate of drug-likeness (QED) is 0.577. The Balaban J connectivity index is 1.57. The monoisotopic (exact) mass is 390 g/mol. The minimum absolute atomic E-state index is 0.0456. The van der Waals surface area contributed by atoms with Gasteiger partial charge in [-0.3, -0.25) is 9.20 Å². The number of amides is 1. The molecule has 1 amide bonds. The minimum Gasteiger partial charge on any atom is -0.493 e. The van der Waals surface area contributed by atoms with Gasteiger partial charge in [-0.15, -0.1) is 10.2 Å². The Labute approximate surface area is 155 Å². The molecule has 0 unspecified atom stereocenters. The summed E-state index contributed by atoms with van der Waals surface area (Å²) in [7, 11) is 1.49. The van der Waals surface area contributed by atoms with E-state index in [1.54, 1.807) is 24.3 Å². The van der Waals surface area contributed by atoms with E-state index in [2.05, 4.69) is 15.5 Å². The van der Waals surface area contributed by atoms with Gasteiger partial charge in [0.2, 0.25) is 0 Å². The number of hydrogen-bond donors (Lipinski definition) is 1. The molecule has 28 heavy (non-hydrogen) atoms. The topological polar surface area (TPSA) is 81.7 Å². The molecule has 4 aromatic rings. The third-order valence-electron chi connectivity index (χ3n) is 4.17. The fourth-order valence-corrected chi connectivity index (χ4v) is 2.86. The van der Waals surface area contributed by atoms with E-state index in [1.807, 2.05) is 0 Å². The fourth-order valence-electron chi connectivity index (χ4n) is 2.86. The van der Waals surface area contributed by atoms with Crippen LogP contribution < -0.4 is 10.1 Å². The van der Waals surface area contributed by atoms with Crippen molar-refractivity contribution in [2.24, 2.45) is 0 Å². The summed E-state index contributed by atoms with van der Waals surface area (Å²) in [5, 5.41) is 10.6. The van der Waals surface area contributed by atoms with Crippen molar-refractivity contribution in [2.45, 2.75) is 12.7 Å². The van der Waals surface area contributed by atoms with Crippen LogP contribution in [-0.4, -0.2) is 27.6 Å². The molecular formula is C18H13F3N4O3. The number of methoxy groups -OCH3 is 1. The molecule has 0 radical (unpaired) electrons. The first kappa shape index (κ1) is 17.8. The molecular weight excluding hydrogens is 377 g/mol. The van der Waals surface area contributed by atoms with Crippen LogP contribution in [0.1, 0.15) is 21.9 Å². The van der Waals surface area contributed by atoms with Gasteiger partial charge in [0.05, 0.1) is 13.7 Å². The number of pyridine rings is 1. The van der Waals surface area contributed by atoms with Crippen molar-refractivity contribution in [1.82, 2.24) is 19.9 Å². The number of carbonyl (C=O) groups excluding carboxylic acids is 1. The largest absolute Gasteiger partial charge is 0.493 e. The molecule has 1 aromatic carbocycles. The number of hydrogen-bond acceptors (Lipinski definition) is 5. The van der Waals surface area contributed by atoms with Crippen LogP contribution in [0.2, 0.25) is 0 Å². The van der Waals surface area contributed by atoms with Crippen LogP contribution in [0, 0.1) is 0 Å². The molecule has 0 saturated heterocycles. The Morgan fingerprint density at radius 3 is 2.82 bits per heavy atom. The van der Waals surface area contributed by atoms with Crippen LogP contribution in [0.4, 0.5) is 13.2 Å². The summed E-state index contributed by atoms with van der Waals surface area (Å²) in [4.78, 5) is 12.4. The zero-order chi connectivity index (χ0) is 19.9. The predicted octanol–water partition coefficient (Wildman–Crippen LogP) is 3.43. The van der Waals surface area contributed by atoms with Gasteiger partial charge in [-0.2, -0.15) is 13.2 Å². The van der Waals surface area contributed by atoms with E-state index >= 15 is 0 Å². The highest BCUT2D eigenvalue weighted by molar-refractivity contribution is 5.97. The number of ether oxygens (including phenoxy) is 1. The molecule has 0 spiro atoms. The van der Waals surface area contributed by atoms with Gasteiger partial charge in [-0.25, -0.2) is 0 Å². The summed E-state index contributed by atoms with van der Waals surface area (Å²) in [6.07, 6.45) is -3.15. The molecule has 3 aromatic heterocycles. The number of benzene rings is 1. The minimum atomic E-state index is -4.55. The van der Waals surface area contributed by atoms with Crippen molar-refractivity contribution in [1.29, 1.82) is 0 Å². The van der Waals surface area contributed by atoms with E-state index in [4.69, 9.17) is 9.15 Å². The molecule has 7 nitrogen and oxygen atoms in total. The predicted molar refractivity (Wildman–Crippen MR) is 91.9 cm³/mol. The highest BCUT2D eigenvalue weighted by Gasteiger charge is 2.34. The van der Waals surface area contributed by atoms with Crippen LogP contribution in [0.15, 0.2) is 47.0 Å². The number of alkyl halides is 3. The summed E-state index contributed by atoms with van der Waals surface area (Å²) >= 11 is 0. The first-order valence-corrected chi connectivity index (χ1v) is 8.13. The molecule has 0 fully saturated rings. The SMILES string of the molecule is COc1cccc2cc(C(=O)NCc3nnc4c(C(F)(F)F)cccn34)oc12. The number of halogens is 3. The molecule has 10 heteroatoms. The number of rotatable bonds is 4. The molecule has 0 aliphatic heterocycles. The normalized spacial score (nSPS) is 11.9. The first-order chi connectivity index (χ1) is 13.4. The Hall–Kier alpha value is -3.56. The van der Waals surface area contributed by atoms with Gasteiger partial charge in [0.15, 0.2) is 28.6 Å². The maximum atomic E-state index is 13.1. The average molecular weight is 390 g/mol. The van der Waals surface area contributed by atoms with Crippen molar-refractivity contribution in [2.75, 3.05) is 7.11 Å². The molecule has 0 atom stereocenters. The second kappa shape index (κ2) is 6.55. The van der Waals surface area contributed by atoms with Crippen LogP contribution in [0.5, 0.6) is 5.75 Å². The smallest absolute Gasteiger partial charge is 0.420 e. The molecule has 0 saturated carbocycles. The van der Waals surface area contributed by atoms with Gasteiger partial charge in [-0.1, -0.05) is 12.1 Å². The lowest BCUT2D eigenvalue weighted by Crippen LogP contribution is -2.23. The number of para-hydroxylation sites is 1. The van der Waals surface area contributed by atoms with Crippen molar-refractivity contribution < 1.29 is 27.1 Å². The third kappa shape index (κ3) is 3.02. The summed E-state index contributed by atoms with van der Waals surface area (Å²) in [6, 6.07) is 8.96. The number of nitrogens with zero attached hydrogens (tertiary/aromatic N) is 3. The number of nitrogens with one attached hydrogen (secondary N) is 1. The van der Waals surface area contributed by atoms with Crippen LogP contribution >= 0.6 is 0 Å². The van der Waals surface area contributed by atoms with Crippen LogP contribution in [0.25, 0.3) is 16.6 Å². The van der Waals surface area contributed by atoms with Gasteiger partial charge in [-0.05, 0) is 24.3 Å². The number of aromatic nitrogens is 3. The molecule has 144 valence electrons. The van der Waals surface area contributed by atoms with E-state index in [1.165, 1.54) is 23.8 Å². The van der Waals surface area contributed by atoms with Crippen molar-refractivity contribution in [3.63, 3.8) is 0 Å². The van der Waals surface area contributed by atoms with Crippen LogP contribution in [-0.2, 0) is 12.7 Å². The van der Waals surface area contributed by atoms with E-state index in [-0.39, 0.29) is 23.8 Å². The van der Waals surface area contributed by atoms with E-state index in [0.29, 0.717) is 16.7 Å². The highest BCUT2D eigenvalue weighted by Crippen LogP contribution is 2.32. The number of fused-ring (bicyclic) bond motifs is 2. The lowest BCUT2D eigenvalue weighted by atomic mass is 10.2. The first-order valence-electron chi connectivity index (χ1n) is 8.13. The van der Waals surface area contributed by atoms with Crippen molar-refractivity contribution in [3.05, 3.63) is 59.7 Å². The second-order valence-electron chi connectivity index (χ2n) is 5.90. The standard InChI is InChI=1S/C18H13F3N4O3/c1-27-12-6-2-4-10-8-13(28-15(10)12)17(26)22-9-14-23-24-16-11(18(19,20)21)5-3-7-25(14)16/h2-8H,9H2,1H3,(H,22,26). The van der Waals surface area contributed by atoms with Gasteiger partial charge in [0.1, 0.15) is 5.56 Å². The molecule has 3 heterocycles. The van der Waals surface area contributed by atoms with E-state index in [0.717, 1.165) is 6.07 Å². The van der Waals surface area contributed by atoms with Gasteiger partial charge in [0, 0.05) is 11.6 Å². The second-order valence-corrected chi connectivity index (χ2v) is 5.90. The molecule has 0 aliphatic rings. The maximum Gasteiger partial charge on any atom is 0.420 e. The zero-order valence-corrected chi connectivity index (χ0v) is 14.4. The van der Waals surface area contributed by atoms with Gasteiger partial charge < -0.3 is 14.5 Å². The maximum absolute atomic E-state index is 13.1. The van der Waals surface area contributed by atoms with Gasteiger partial charge >= 0.3 is 6.18 Å². The van der Waals surface area contributed by atoms with Crippen LogP contribution in [0.3, 0.4) is 0 Å². The third-order valence-corrected chi connectivity index (χ3v) is 4.17. The average Bonchev–Trinajstić information content (AvgIpc) is 3.29. The number of furan rings is 1. The Bertz CT molecular complexity index is 1180. The lowest BCUT2D eigenvalue weighted by molar-refractivity contribution is -0.136. The van der Waals surface area contributed by atoms with Crippen molar-refractivity contribution in [3.8, 4) is 5.75 Å². The number of carbonyl (C=O) groups is 1. The molecule has 4 rings (SSSR count). The van der Waals surface area contributed by atoms with Crippen molar-refractivity contribution >= 4 is 22.5 Å². The molecule has 0 bridgehead atoms. The summed E-state index contributed by atoms with van der Waals surface area (Å²) < 4.78 is 51.1. The summed E-state index contributed by atoms with van der Waals surface area (Å²) in [5.74, 6) is 0.147. The Morgan fingerprint density at radius 2 is 2.07 bits per heavy atom. The lowest BCUT2D eigenvalue weighted by Gasteiger charge is -2.07. The highest BCUT2D eigenvalue weighted by atomic mass is 19.4. The Kier molecular flexibility index (Phi) is 4.17. The Morgan fingerprint density at radius 1 is 1.25 bits per heavy atom. The fraction of sp³-hybridized carbons (Fsp3) is 0.167. The summed E-state index contributed by atoms with van der Waals surface area (Å²) in [6.45, 7) is -0.129. The zero-order valence-electron chi connectivity index (χ0n) is 14.4. The molecule has 0 aliphatic carbocycles. The summed E-state index contributed by atoms with van der Waals surface area (Å²) in [5.41, 5.74) is -0.796. The molecule has 1 N–H and O–H groups in total.